The summed E-state index contributed by atoms with van der Waals surface area (Å²) in [5, 5.41) is 10.6. The zero-order valence-electron chi connectivity index (χ0n) is 17.0. The lowest BCUT2D eigenvalue weighted by Crippen LogP contribution is -2.31. The van der Waals surface area contributed by atoms with Gasteiger partial charge < -0.3 is 19.3 Å². The van der Waals surface area contributed by atoms with E-state index in [2.05, 4.69) is 16.0 Å². The van der Waals surface area contributed by atoms with Crippen molar-refractivity contribution >= 4 is 45.9 Å². The van der Waals surface area contributed by atoms with Crippen molar-refractivity contribution in [2.24, 2.45) is 5.92 Å². The Labute approximate surface area is 190 Å². The van der Waals surface area contributed by atoms with Crippen LogP contribution in [0.1, 0.15) is 25.7 Å². The normalized spacial score (nSPS) is 17.1. The summed E-state index contributed by atoms with van der Waals surface area (Å²) >= 11 is 12.8. The molecule has 1 aromatic carbocycles. The van der Waals surface area contributed by atoms with Gasteiger partial charge in [-0.25, -0.2) is 9.97 Å². The van der Waals surface area contributed by atoms with Crippen molar-refractivity contribution in [2.45, 2.75) is 25.7 Å². The molecule has 0 amide bonds. The van der Waals surface area contributed by atoms with Crippen LogP contribution in [0.3, 0.4) is 0 Å². The van der Waals surface area contributed by atoms with Crippen LogP contribution in [0.25, 0.3) is 16.6 Å². The van der Waals surface area contributed by atoms with E-state index in [1.807, 2.05) is 16.8 Å². The summed E-state index contributed by atoms with van der Waals surface area (Å²) in [6.07, 6.45) is 8.59. The molecule has 1 atom stereocenters. The topological polar surface area (TPSA) is 80.5 Å². The lowest BCUT2D eigenvalue weighted by Gasteiger charge is -2.26. The number of carboxylic acids is 1. The van der Waals surface area contributed by atoms with Crippen molar-refractivity contribution in [3.05, 3.63) is 47.0 Å². The zero-order chi connectivity index (χ0) is 21.8. The summed E-state index contributed by atoms with van der Waals surface area (Å²) in [4.78, 5) is 22.0. The lowest BCUT2D eigenvalue weighted by atomic mass is 10.0. The molecule has 164 valence electrons. The van der Waals surface area contributed by atoms with E-state index >= 15 is 0 Å². The van der Waals surface area contributed by atoms with Crippen molar-refractivity contribution in [3.8, 4) is 5.69 Å². The molecule has 0 saturated carbocycles. The number of carbonyl (C=O) groups is 1. The van der Waals surface area contributed by atoms with Gasteiger partial charge in [0.1, 0.15) is 5.82 Å². The number of pyridine rings is 1. The Morgan fingerprint density at radius 3 is 2.94 bits per heavy atom. The standard InChI is InChI=1S/C22H24Cl2N4O3/c23-17-5-4-16-18(28-9-7-25-14-28)11-19(26-22(16)21(17)24)27-8-2-1-3-15(12-27)13-31-10-6-20(29)30/h4-5,7,9,11,14-15H,1-3,6,8,10,12-13H2,(H,29,30). The number of hydrogen-bond acceptors (Lipinski definition) is 5. The number of rotatable bonds is 7. The number of anilines is 1. The zero-order valence-corrected chi connectivity index (χ0v) is 18.5. The van der Waals surface area contributed by atoms with Gasteiger partial charge in [0.05, 0.1) is 47.2 Å². The highest BCUT2D eigenvalue weighted by Gasteiger charge is 2.22. The van der Waals surface area contributed by atoms with Gasteiger partial charge in [-0.1, -0.05) is 29.6 Å². The van der Waals surface area contributed by atoms with E-state index in [0.717, 1.165) is 49.2 Å². The Morgan fingerprint density at radius 2 is 2.16 bits per heavy atom. The molecule has 1 aliphatic rings. The maximum atomic E-state index is 10.7. The Kier molecular flexibility index (Phi) is 6.95. The minimum Gasteiger partial charge on any atom is -0.481 e. The first-order chi connectivity index (χ1) is 15.0. The van der Waals surface area contributed by atoms with Gasteiger partial charge in [-0.2, -0.15) is 0 Å². The SMILES string of the molecule is O=C(O)CCOCC1CCCCN(c2cc(-n3ccnc3)c3ccc(Cl)c(Cl)c3n2)C1. The largest absolute Gasteiger partial charge is 0.481 e. The molecule has 31 heavy (non-hydrogen) atoms. The summed E-state index contributed by atoms with van der Waals surface area (Å²) in [6.45, 7) is 2.44. The highest BCUT2D eigenvalue weighted by atomic mass is 35.5. The van der Waals surface area contributed by atoms with Crippen molar-refractivity contribution < 1.29 is 14.6 Å². The Bertz CT molecular complexity index is 1060. The average molecular weight is 463 g/mol. The van der Waals surface area contributed by atoms with Gasteiger partial charge >= 0.3 is 5.97 Å². The van der Waals surface area contributed by atoms with Crippen LogP contribution in [-0.4, -0.2) is 51.9 Å². The van der Waals surface area contributed by atoms with Gasteiger partial charge in [-0.3, -0.25) is 4.79 Å². The van der Waals surface area contributed by atoms with Crippen molar-refractivity contribution in [3.63, 3.8) is 0 Å². The van der Waals surface area contributed by atoms with Crippen LogP contribution in [-0.2, 0) is 9.53 Å². The summed E-state index contributed by atoms with van der Waals surface area (Å²) < 4.78 is 7.58. The van der Waals surface area contributed by atoms with Gasteiger partial charge in [0.15, 0.2) is 0 Å². The molecule has 1 fully saturated rings. The van der Waals surface area contributed by atoms with Crippen LogP contribution in [0.5, 0.6) is 0 Å². The number of imidazole rings is 1. The molecule has 9 heteroatoms. The van der Waals surface area contributed by atoms with Crippen LogP contribution < -0.4 is 4.90 Å². The number of nitrogens with zero attached hydrogens (tertiary/aromatic N) is 4. The van der Waals surface area contributed by atoms with Crippen LogP contribution in [0.2, 0.25) is 10.0 Å². The molecular formula is C22H24Cl2N4O3. The van der Waals surface area contributed by atoms with Gasteiger partial charge in [0.25, 0.3) is 0 Å². The van der Waals surface area contributed by atoms with Crippen LogP contribution >= 0.6 is 23.2 Å². The summed E-state index contributed by atoms with van der Waals surface area (Å²) in [5.41, 5.74) is 1.60. The number of fused-ring (bicyclic) bond motifs is 1. The number of hydrogen-bond donors (Lipinski definition) is 1. The molecule has 1 aliphatic heterocycles. The molecular weight excluding hydrogens is 439 g/mol. The van der Waals surface area contributed by atoms with E-state index in [0.29, 0.717) is 28.1 Å². The fourth-order valence-electron chi connectivity index (χ4n) is 3.96. The third-order valence-corrected chi connectivity index (χ3v) is 6.32. The third-order valence-electron chi connectivity index (χ3n) is 5.53. The lowest BCUT2D eigenvalue weighted by molar-refractivity contribution is -0.138. The second-order valence-electron chi connectivity index (χ2n) is 7.75. The molecule has 3 aromatic rings. The minimum atomic E-state index is -0.842. The first-order valence-electron chi connectivity index (χ1n) is 10.3. The fourth-order valence-corrected chi connectivity index (χ4v) is 4.32. The van der Waals surface area contributed by atoms with Crippen molar-refractivity contribution in [1.29, 1.82) is 0 Å². The van der Waals surface area contributed by atoms with E-state index in [9.17, 15) is 4.79 Å². The van der Waals surface area contributed by atoms with Crippen LogP contribution in [0.4, 0.5) is 5.82 Å². The van der Waals surface area contributed by atoms with E-state index < -0.39 is 5.97 Å². The highest BCUT2D eigenvalue weighted by molar-refractivity contribution is 6.45. The number of ether oxygens (including phenoxy) is 1. The maximum Gasteiger partial charge on any atom is 0.305 e. The number of aliphatic carboxylic acids is 1. The fraction of sp³-hybridized carbons (Fsp3) is 0.409. The van der Waals surface area contributed by atoms with E-state index in [1.165, 1.54) is 0 Å². The van der Waals surface area contributed by atoms with E-state index in [1.54, 1.807) is 18.6 Å². The predicted molar refractivity (Wildman–Crippen MR) is 122 cm³/mol. The molecule has 0 spiro atoms. The molecule has 1 saturated heterocycles. The van der Waals surface area contributed by atoms with E-state index in [4.69, 9.17) is 38.0 Å². The summed E-state index contributed by atoms with van der Waals surface area (Å²) in [7, 11) is 0. The molecule has 1 unspecified atom stereocenters. The Balaban J connectivity index is 1.64. The smallest absolute Gasteiger partial charge is 0.305 e. The van der Waals surface area contributed by atoms with Crippen molar-refractivity contribution in [2.75, 3.05) is 31.2 Å². The number of carboxylic acid groups (broad SMARTS) is 1. The van der Waals surface area contributed by atoms with Gasteiger partial charge in [-0.15, -0.1) is 0 Å². The average Bonchev–Trinajstić information content (AvgIpc) is 3.19. The third kappa shape index (κ3) is 5.11. The molecule has 2 aromatic heterocycles. The molecule has 7 nitrogen and oxygen atoms in total. The maximum absolute atomic E-state index is 10.7. The number of aromatic nitrogens is 3. The number of halogens is 2. The van der Waals surface area contributed by atoms with Crippen molar-refractivity contribution in [1.82, 2.24) is 14.5 Å². The molecule has 4 rings (SSSR count). The molecule has 0 bridgehead atoms. The quantitative estimate of drug-likeness (QED) is 0.506. The van der Waals surface area contributed by atoms with E-state index in [-0.39, 0.29) is 13.0 Å². The van der Waals surface area contributed by atoms with Gasteiger partial charge in [-0.05, 0) is 30.9 Å². The second kappa shape index (κ2) is 9.85. The molecule has 0 radical (unpaired) electrons. The molecule has 1 N–H and O–H groups in total. The Morgan fingerprint density at radius 1 is 1.29 bits per heavy atom. The predicted octanol–water partition coefficient (Wildman–Crippen LogP) is 4.83. The van der Waals surface area contributed by atoms with Gasteiger partial charge in [0, 0.05) is 36.9 Å². The first kappa shape index (κ1) is 21.9. The Hall–Kier alpha value is -2.35. The van der Waals surface area contributed by atoms with Gasteiger partial charge in [0.2, 0.25) is 0 Å². The molecule has 3 heterocycles. The first-order valence-corrected chi connectivity index (χ1v) is 11.1. The summed E-state index contributed by atoms with van der Waals surface area (Å²) in [5.74, 6) is 0.295. The molecule has 0 aliphatic carbocycles. The summed E-state index contributed by atoms with van der Waals surface area (Å²) in [6, 6.07) is 5.77. The highest BCUT2D eigenvalue weighted by Crippen LogP contribution is 2.35. The monoisotopic (exact) mass is 462 g/mol. The minimum absolute atomic E-state index is 0.0240. The second-order valence-corrected chi connectivity index (χ2v) is 8.54. The van der Waals surface area contributed by atoms with Crippen LogP contribution in [0, 0.1) is 5.92 Å². The van der Waals surface area contributed by atoms with Crippen LogP contribution in [0.15, 0.2) is 36.9 Å². The number of benzene rings is 1.